The lowest BCUT2D eigenvalue weighted by molar-refractivity contribution is -0.118. The molecule has 1 aromatic heterocycles. The Hall–Kier alpha value is -1.96. The van der Waals surface area contributed by atoms with Crippen LogP contribution in [0.4, 0.5) is 0 Å². The number of nitrogens with zero attached hydrogens (tertiary/aromatic N) is 2. The molecule has 8 heteroatoms. The summed E-state index contributed by atoms with van der Waals surface area (Å²) in [5.41, 5.74) is 2.30. The Bertz CT molecular complexity index is 1180. The van der Waals surface area contributed by atoms with Crippen LogP contribution in [0.15, 0.2) is 52.4 Å². The van der Waals surface area contributed by atoms with Gasteiger partial charge in [-0.3, -0.25) is 4.79 Å². The smallest absolute Gasteiger partial charge is 0.248 e. The van der Waals surface area contributed by atoms with Gasteiger partial charge in [0.15, 0.2) is 14.6 Å². The van der Waals surface area contributed by atoms with Crippen molar-refractivity contribution in [2.24, 2.45) is 12.0 Å². The molecule has 0 N–H and O–H groups in total. The minimum absolute atomic E-state index is 0.0850. The summed E-state index contributed by atoms with van der Waals surface area (Å²) in [7, 11) is -1.54. The largest absolute Gasteiger partial charge is 0.319 e. The average Bonchev–Trinajstić information content (AvgIpc) is 2.97. The fourth-order valence-electron chi connectivity index (χ4n) is 3.01. The molecule has 0 spiro atoms. The maximum absolute atomic E-state index is 12.3. The fourth-order valence-corrected chi connectivity index (χ4v) is 5.53. The number of hydrogen-bond acceptors (Lipinski definition) is 4. The minimum atomic E-state index is -3.44. The van der Waals surface area contributed by atoms with Crippen LogP contribution in [0, 0.1) is 0 Å². The number of para-hydroxylation sites is 1. The van der Waals surface area contributed by atoms with Crippen molar-refractivity contribution in [1.82, 2.24) is 4.57 Å². The van der Waals surface area contributed by atoms with Gasteiger partial charge in [0.1, 0.15) is 0 Å². The van der Waals surface area contributed by atoms with E-state index in [1.54, 1.807) is 12.1 Å². The molecular formula is C20H21ClN2O3S2. The van der Waals surface area contributed by atoms with Gasteiger partial charge in [0.2, 0.25) is 5.91 Å². The molecule has 0 saturated carbocycles. The molecule has 0 atom stereocenters. The Morgan fingerprint density at radius 3 is 2.57 bits per heavy atom. The molecule has 1 amide bonds. The molecule has 3 aromatic rings. The van der Waals surface area contributed by atoms with Crippen molar-refractivity contribution in [2.45, 2.75) is 31.1 Å². The summed E-state index contributed by atoms with van der Waals surface area (Å²) in [6, 6.07) is 12.1. The van der Waals surface area contributed by atoms with Gasteiger partial charge in [0.25, 0.3) is 0 Å². The van der Waals surface area contributed by atoms with Gasteiger partial charge in [-0.05, 0) is 48.7 Å². The van der Waals surface area contributed by atoms with Crippen molar-refractivity contribution in [1.29, 1.82) is 0 Å². The normalized spacial score (nSPS) is 12.6. The van der Waals surface area contributed by atoms with E-state index in [2.05, 4.69) is 18.0 Å². The number of fused-ring (bicyclic) bond motifs is 1. The van der Waals surface area contributed by atoms with Crippen molar-refractivity contribution >= 4 is 48.9 Å². The van der Waals surface area contributed by atoms with Crippen LogP contribution in [0.2, 0.25) is 5.02 Å². The van der Waals surface area contributed by atoms with Gasteiger partial charge in [-0.1, -0.05) is 42.0 Å². The topological polar surface area (TPSA) is 68.5 Å². The Morgan fingerprint density at radius 2 is 1.89 bits per heavy atom. The van der Waals surface area contributed by atoms with E-state index in [9.17, 15) is 13.2 Å². The van der Waals surface area contributed by atoms with Crippen molar-refractivity contribution in [3.05, 3.63) is 57.9 Å². The summed E-state index contributed by atoms with van der Waals surface area (Å²) in [5.74, 6) is -0.416. The molecule has 0 unspecified atom stereocenters. The summed E-state index contributed by atoms with van der Waals surface area (Å²) < 4.78 is 27.7. The standard InChI is InChI=1S/C20H21ClN2O3S2/c1-3-14-6-4-7-17-19(14)23(2)20(27-17)22-18(24)8-5-13-28(25,26)16-11-9-15(21)10-12-16/h4,6-7,9-12H,3,5,8,13H2,1-2H3. The second-order valence-corrected chi connectivity index (χ2v) is 10.00. The van der Waals surface area contributed by atoms with Gasteiger partial charge in [-0.25, -0.2) is 8.42 Å². The third-order valence-corrected chi connectivity index (χ3v) is 7.65. The van der Waals surface area contributed by atoms with Gasteiger partial charge < -0.3 is 4.57 Å². The second kappa shape index (κ2) is 8.59. The molecule has 0 aliphatic rings. The number of aromatic nitrogens is 1. The zero-order chi connectivity index (χ0) is 20.3. The summed E-state index contributed by atoms with van der Waals surface area (Å²) in [4.78, 5) is 17.3. The summed E-state index contributed by atoms with van der Waals surface area (Å²) >= 11 is 7.26. The van der Waals surface area contributed by atoms with Gasteiger partial charge in [-0.15, -0.1) is 0 Å². The second-order valence-electron chi connectivity index (χ2n) is 6.44. The van der Waals surface area contributed by atoms with E-state index < -0.39 is 9.84 Å². The van der Waals surface area contributed by atoms with Gasteiger partial charge in [0.05, 0.1) is 20.9 Å². The van der Waals surface area contributed by atoms with Crippen LogP contribution in [-0.2, 0) is 28.1 Å². The maximum Gasteiger partial charge on any atom is 0.248 e. The van der Waals surface area contributed by atoms with E-state index in [0.29, 0.717) is 9.82 Å². The van der Waals surface area contributed by atoms with Crippen LogP contribution in [-0.4, -0.2) is 24.6 Å². The SMILES string of the molecule is CCc1cccc2sc(=NC(=O)CCCS(=O)(=O)c3ccc(Cl)cc3)n(C)c12. The summed E-state index contributed by atoms with van der Waals surface area (Å²) in [6.45, 7) is 2.09. The lowest BCUT2D eigenvalue weighted by Gasteiger charge is -2.03. The molecule has 1 heterocycles. The minimum Gasteiger partial charge on any atom is -0.319 e. The van der Waals surface area contributed by atoms with E-state index >= 15 is 0 Å². The molecule has 0 aliphatic carbocycles. The number of aryl methyl sites for hydroxylation is 2. The number of benzene rings is 2. The number of rotatable bonds is 6. The Morgan fingerprint density at radius 1 is 1.18 bits per heavy atom. The number of halogens is 1. The number of sulfone groups is 1. The van der Waals surface area contributed by atoms with Gasteiger partial charge in [-0.2, -0.15) is 4.99 Å². The monoisotopic (exact) mass is 436 g/mol. The van der Waals surface area contributed by atoms with Crippen molar-refractivity contribution in [3.63, 3.8) is 0 Å². The summed E-state index contributed by atoms with van der Waals surface area (Å²) in [5, 5.41) is 0.482. The van der Waals surface area contributed by atoms with E-state index in [1.807, 2.05) is 23.7 Å². The lowest BCUT2D eigenvalue weighted by Crippen LogP contribution is -2.14. The quantitative estimate of drug-likeness (QED) is 0.583. The molecule has 0 bridgehead atoms. The van der Waals surface area contributed by atoms with Gasteiger partial charge >= 0.3 is 0 Å². The van der Waals surface area contributed by atoms with Crippen LogP contribution in [0.5, 0.6) is 0 Å². The number of carbonyl (C=O) groups is 1. The van der Waals surface area contributed by atoms with Crippen LogP contribution in [0.25, 0.3) is 10.2 Å². The molecule has 148 valence electrons. The third kappa shape index (κ3) is 4.54. The molecule has 0 radical (unpaired) electrons. The lowest BCUT2D eigenvalue weighted by atomic mass is 10.1. The molecule has 0 aliphatic heterocycles. The number of thiazole rings is 1. The zero-order valence-corrected chi connectivity index (χ0v) is 18.1. The molecule has 2 aromatic carbocycles. The Balaban J connectivity index is 1.71. The Kier molecular flexibility index (Phi) is 6.37. The highest BCUT2D eigenvalue weighted by atomic mass is 35.5. The van der Waals surface area contributed by atoms with E-state index in [4.69, 9.17) is 11.6 Å². The maximum atomic E-state index is 12.3. The first-order valence-corrected chi connectivity index (χ1v) is 11.8. The van der Waals surface area contributed by atoms with Crippen LogP contribution < -0.4 is 4.80 Å². The summed E-state index contributed by atoms with van der Waals surface area (Å²) in [6.07, 6.45) is 1.21. The molecular weight excluding hydrogens is 416 g/mol. The van der Waals surface area contributed by atoms with Gasteiger partial charge in [0, 0.05) is 18.5 Å². The number of carbonyl (C=O) groups excluding carboxylic acids is 1. The zero-order valence-electron chi connectivity index (χ0n) is 15.7. The van der Waals surface area contributed by atoms with Crippen LogP contribution in [0.1, 0.15) is 25.3 Å². The molecule has 0 saturated heterocycles. The first-order chi connectivity index (χ1) is 13.3. The van der Waals surface area contributed by atoms with Crippen LogP contribution >= 0.6 is 22.9 Å². The van der Waals surface area contributed by atoms with Crippen molar-refractivity contribution in [3.8, 4) is 0 Å². The fraction of sp³-hybridized carbons (Fsp3) is 0.300. The highest BCUT2D eigenvalue weighted by molar-refractivity contribution is 7.91. The third-order valence-electron chi connectivity index (χ3n) is 4.48. The molecule has 3 rings (SSSR count). The van der Waals surface area contributed by atoms with E-state index in [-0.39, 0.29) is 29.4 Å². The molecule has 0 fully saturated rings. The van der Waals surface area contributed by atoms with Crippen molar-refractivity contribution in [2.75, 3.05) is 5.75 Å². The number of amides is 1. The predicted molar refractivity (Wildman–Crippen MR) is 113 cm³/mol. The van der Waals surface area contributed by atoms with E-state index in [0.717, 1.165) is 16.6 Å². The average molecular weight is 437 g/mol. The highest BCUT2D eigenvalue weighted by Crippen LogP contribution is 2.21. The Labute approximate surface area is 173 Å². The first-order valence-electron chi connectivity index (χ1n) is 8.95. The molecule has 5 nitrogen and oxygen atoms in total. The van der Waals surface area contributed by atoms with E-state index in [1.165, 1.54) is 29.0 Å². The predicted octanol–water partition coefficient (Wildman–Crippen LogP) is 4.14. The van der Waals surface area contributed by atoms with Crippen LogP contribution in [0.3, 0.4) is 0 Å². The number of hydrogen-bond donors (Lipinski definition) is 0. The molecule has 28 heavy (non-hydrogen) atoms. The highest BCUT2D eigenvalue weighted by Gasteiger charge is 2.15. The van der Waals surface area contributed by atoms with Crippen molar-refractivity contribution < 1.29 is 13.2 Å². The first kappa shape index (κ1) is 20.8.